The fourth-order valence-electron chi connectivity index (χ4n) is 1.94. The van der Waals surface area contributed by atoms with Gasteiger partial charge in [-0.05, 0) is 12.1 Å². The molecule has 18 heavy (non-hydrogen) atoms. The highest BCUT2D eigenvalue weighted by atomic mass is 35.5. The molecule has 1 amide bonds. The number of carbonyl (C=O) groups is 1. The lowest BCUT2D eigenvalue weighted by Gasteiger charge is -2.15. The van der Waals surface area contributed by atoms with Crippen molar-refractivity contribution in [2.75, 3.05) is 17.2 Å². The lowest BCUT2D eigenvalue weighted by Crippen LogP contribution is -2.26. The number of rotatable bonds is 3. The summed E-state index contributed by atoms with van der Waals surface area (Å²) >= 11 is 5.71. The SMILES string of the molecule is O=C1CC(CS(=O)(=O)F)CN1c1cccc(Cl)n1. The summed E-state index contributed by atoms with van der Waals surface area (Å²) in [5.41, 5.74) is 0. The van der Waals surface area contributed by atoms with Crippen LogP contribution in [0.25, 0.3) is 0 Å². The monoisotopic (exact) mass is 292 g/mol. The maximum atomic E-state index is 12.6. The van der Waals surface area contributed by atoms with E-state index in [4.69, 9.17) is 11.6 Å². The standard InChI is InChI=1S/C10H10ClFN2O3S/c11-8-2-1-3-9(13-8)14-5-7(4-10(14)15)6-18(12,16)17/h1-3,7H,4-6H2. The molecule has 2 rings (SSSR count). The number of anilines is 1. The van der Waals surface area contributed by atoms with Gasteiger partial charge < -0.3 is 0 Å². The van der Waals surface area contributed by atoms with Crippen LogP contribution >= 0.6 is 11.6 Å². The fraction of sp³-hybridized carbons (Fsp3) is 0.400. The Kier molecular flexibility index (Phi) is 3.54. The number of nitrogens with zero attached hydrogens (tertiary/aromatic N) is 2. The molecule has 98 valence electrons. The van der Waals surface area contributed by atoms with E-state index >= 15 is 0 Å². The molecule has 1 aromatic heterocycles. The maximum Gasteiger partial charge on any atom is 0.302 e. The molecule has 2 heterocycles. The number of hydrogen-bond acceptors (Lipinski definition) is 4. The van der Waals surface area contributed by atoms with Crippen LogP contribution in [-0.4, -0.2) is 31.6 Å². The number of aromatic nitrogens is 1. The molecule has 0 N–H and O–H groups in total. The number of hydrogen-bond donors (Lipinski definition) is 0. The van der Waals surface area contributed by atoms with Crippen molar-refractivity contribution in [1.82, 2.24) is 4.98 Å². The van der Waals surface area contributed by atoms with Gasteiger partial charge in [0, 0.05) is 18.9 Å². The molecule has 1 aliphatic heterocycles. The zero-order chi connectivity index (χ0) is 13.3. The van der Waals surface area contributed by atoms with E-state index in [0.29, 0.717) is 5.82 Å². The van der Waals surface area contributed by atoms with Gasteiger partial charge in [0.2, 0.25) is 5.91 Å². The molecule has 5 nitrogen and oxygen atoms in total. The second-order valence-corrected chi connectivity index (χ2v) is 5.90. The van der Waals surface area contributed by atoms with Gasteiger partial charge in [-0.25, -0.2) is 4.98 Å². The predicted molar refractivity (Wildman–Crippen MR) is 64.6 cm³/mol. The molecule has 0 radical (unpaired) electrons. The molecule has 1 aromatic rings. The minimum atomic E-state index is -4.57. The van der Waals surface area contributed by atoms with Crippen molar-refractivity contribution in [3.63, 3.8) is 0 Å². The second kappa shape index (κ2) is 4.81. The van der Waals surface area contributed by atoms with Crippen molar-refractivity contribution in [3.8, 4) is 0 Å². The first kappa shape index (κ1) is 13.2. The molecule has 1 atom stereocenters. The van der Waals surface area contributed by atoms with E-state index in [2.05, 4.69) is 4.98 Å². The van der Waals surface area contributed by atoms with Crippen molar-refractivity contribution in [3.05, 3.63) is 23.4 Å². The lowest BCUT2D eigenvalue weighted by molar-refractivity contribution is -0.117. The summed E-state index contributed by atoms with van der Waals surface area (Å²) in [5, 5.41) is 0.238. The van der Waals surface area contributed by atoms with E-state index in [0.717, 1.165) is 0 Å². The smallest absolute Gasteiger partial charge is 0.296 e. The molecule has 8 heteroatoms. The summed E-state index contributed by atoms with van der Waals surface area (Å²) in [5.74, 6) is -1.12. The third kappa shape index (κ3) is 3.17. The molecule has 1 saturated heterocycles. The van der Waals surface area contributed by atoms with Gasteiger partial charge in [0.05, 0.1) is 5.75 Å². The molecular formula is C10H10ClFN2O3S. The van der Waals surface area contributed by atoms with Gasteiger partial charge in [0.15, 0.2) is 0 Å². The lowest BCUT2D eigenvalue weighted by atomic mass is 10.1. The van der Waals surface area contributed by atoms with Gasteiger partial charge in [-0.1, -0.05) is 17.7 Å². The molecule has 1 unspecified atom stereocenters. The molecule has 0 saturated carbocycles. The number of carbonyl (C=O) groups excluding carboxylic acids is 1. The number of halogens is 2. The van der Waals surface area contributed by atoms with Crippen molar-refractivity contribution < 1.29 is 17.1 Å². The van der Waals surface area contributed by atoms with E-state index in [1.807, 2.05) is 0 Å². The predicted octanol–water partition coefficient (Wildman–Crippen LogP) is 1.39. The molecule has 1 fully saturated rings. The van der Waals surface area contributed by atoms with Crippen LogP contribution in [0.5, 0.6) is 0 Å². The molecule has 0 aliphatic carbocycles. The summed E-state index contributed by atoms with van der Waals surface area (Å²) in [6.45, 7) is 0.134. The average molecular weight is 293 g/mol. The van der Waals surface area contributed by atoms with Gasteiger partial charge in [0.25, 0.3) is 0 Å². The van der Waals surface area contributed by atoms with E-state index in [1.54, 1.807) is 18.2 Å². The average Bonchev–Trinajstić information content (AvgIpc) is 2.56. The molecule has 1 aliphatic rings. The van der Waals surface area contributed by atoms with Crippen LogP contribution in [0, 0.1) is 5.92 Å². The van der Waals surface area contributed by atoms with Crippen molar-refractivity contribution >= 4 is 33.5 Å². The summed E-state index contributed by atoms with van der Waals surface area (Å²) in [4.78, 5) is 17.0. The topological polar surface area (TPSA) is 67.3 Å². The highest BCUT2D eigenvalue weighted by molar-refractivity contribution is 7.86. The Balaban J connectivity index is 2.15. The van der Waals surface area contributed by atoms with E-state index in [-0.39, 0.29) is 24.0 Å². The van der Waals surface area contributed by atoms with E-state index in [1.165, 1.54) is 4.90 Å². The Morgan fingerprint density at radius 1 is 1.50 bits per heavy atom. The maximum absolute atomic E-state index is 12.6. The molecule has 0 aromatic carbocycles. The number of pyridine rings is 1. The van der Waals surface area contributed by atoms with Crippen LogP contribution in [0.15, 0.2) is 18.2 Å². The summed E-state index contributed by atoms with van der Waals surface area (Å²) < 4.78 is 33.7. The van der Waals surface area contributed by atoms with Crippen LogP contribution in [0.4, 0.5) is 9.70 Å². The third-order valence-corrected chi connectivity index (χ3v) is 3.70. The van der Waals surface area contributed by atoms with Crippen molar-refractivity contribution in [2.24, 2.45) is 5.92 Å². The highest BCUT2D eigenvalue weighted by Gasteiger charge is 2.34. The molecule has 0 spiro atoms. The third-order valence-electron chi connectivity index (χ3n) is 2.62. The second-order valence-electron chi connectivity index (χ2n) is 4.10. The largest absolute Gasteiger partial charge is 0.302 e. The van der Waals surface area contributed by atoms with E-state index < -0.39 is 21.9 Å². The van der Waals surface area contributed by atoms with Gasteiger partial charge in [-0.2, -0.15) is 8.42 Å². The molecular weight excluding hydrogens is 283 g/mol. The van der Waals surface area contributed by atoms with Crippen LogP contribution in [0.3, 0.4) is 0 Å². The van der Waals surface area contributed by atoms with Crippen molar-refractivity contribution in [1.29, 1.82) is 0 Å². The zero-order valence-electron chi connectivity index (χ0n) is 9.21. The van der Waals surface area contributed by atoms with Crippen molar-refractivity contribution in [2.45, 2.75) is 6.42 Å². The Hall–Kier alpha value is -1.21. The first-order chi connectivity index (χ1) is 8.35. The Labute approximate surface area is 109 Å². The first-order valence-electron chi connectivity index (χ1n) is 5.20. The Bertz CT molecular complexity index is 578. The quantitative estimate of drug-likeness (QED) is 0.624. The zero-order valence-corrected chi connectivity index (χ0v) is 10.8. The minimum Gasteiger partial charge on any atom is -0.296 e. The number of amides is 1. The summed E-state index contributed by atoms with van der Waals surface area (Å²) in [7, 11) is -4.57. The fourth-order valence-corrected chi connectivity index (χ4v) is 2.89. The highest BCUT2D eigenvalue weighted by Crippen LogP contribution is 2.25. The summed E-state index contributed by atoms with van der Waals surface area (Å²) in [6.07, 6.45) is -0.00264. The van der Waals surface area contributed by atoms with Crippen LogP contribution < -0.4 is 4.90 Å². The van der Waals surface area contributed by atoms with Gasteiger partial charge in [0.1, 0.15) is 11.0 Å². The van der Waals surface area contributed by atoms with Gasteiger partial charge in [-0.15, -0.1) is 3.89 Å². The van der Waals surface area contributed by atoms with Gasteiger partial charge in [-0.3, -0.25) is 9.69 Å². The van der Waals surface area contributed by atoms with E-state index in [9.17, 15) is 17.1 Å². The summed E-state index contributed by atoms with van der Waals surface area (Å²) in [6, 6.07) is 4.79. The molecule has 0 bridgehead atoms. The normalized spacial score (nSPS) is 20.4. The minimum absolute atomic E-state index is 0.00264. The van der Waals surface area contributed by atoms with Crippen LogP contribution in [-0.2, 0) is 15.0 Å². The van der Waals surface area contributed by atoms with Crippen LogP contribution in [0.2, 0.25) is 5.15 Å². The van der Waals surface area contributed by atoms with Crippen LogP contribution in [0.1, 0.15) is 6.42 Å². The Morgan fingerprint density at radius 3 is 2.83 bits per heavy atom. The van der Waals surface area contributed by atoms with Gasteiger partial charge >= 0.3 is 10.2 Å². The first-order valence-corrected chi connectivity index (χ1v) is 7.13. The Morgan fingerprint density at radius 2 is 2.22 bits per heavy atom.